The molecule has 102 valence electrons. The molecule has 0 aliphatic heterocycles. The van der Waals surface area contributed by atoms with Crippen molar-refractivity contribution in [2.45, 2.75) is 30.7 Å². The van der Waals surface area contributed by atoms with Crippen LogP contribution in [0.4, 0.5) is 8.78 Å². The largest absolute Gasteiger partial charge is 0.396 e. The SMILES string of the molecule is CCCNC(CCO)CSc1ccc(F)cc1F. The van der Waals surface area contributed by atoms with E-state index >= 15 is 0 Å². The molecule has 0 aromatic heterocycles. The monoisotopic (exact) mass is 275 g/mol. The Morgan fingerprint density at radius 1 is 1.39 bits per heavy atom. The van der Waals surface area contributed by atoms with Crippen molar-refractivity contribution in [2.24, 2.45) is 0 Å². The maximum Gasteiger partial charge on any atom is 0.139 e. The lowest BCUT2D eigenvalue weighted by molar-refractivity contribution is 0.270. The number of benzene rings is 1. The summed E-state index contributed by atoms with van der Waals surface area (Å²) < 4.78 is 26.1. The molecule has 0 amide bonds. The number of rotatable bonds is 8. The lowest BCUT2D eigenvalue weighted by Crippen LogP contribution is -2.32. The summed E-state index contributed by atoms with van der Waals surface area (Å²) in [4.78, 5) is 0.442. The van der Waals surface area contributed by atoms with Crippen LogP contribution in [0.2, 0.25) is 0 Å². The second-order valence-electron chi connectivity index (χ2n) is 4.05. The van der Waals surface area contributed by atoms with E-state index in [1.807, 2.05) is 0 Å². The average molecular weight is 275 g/mol. The third kappa shape index (κ3) is 5.33. The summed E-state index contributed by atoms with van der Waals surface area (Å²) in [7, 11) is 0. The lowest BCUT2D eigenvalue weighted by atomic mass is 10.2. The van der Waals surface area contributed by atoms with Gasteiger partial charge in [0.1, 0.15) is 11.6 Å². The molecule has 0 saturated heterocycles. The number of aliphatic hydroxyl groups excluding tert-OH is 1. The van der Waals surface area contributed by atoms with E-state index in [0.29, 0.717) is 17.1 Å². The van der Waals surface area contributed by atoms with Crippen LogP contribution in [0.3, 0.4) is 0 Å². The molecule has 1 aromatic rings. The van der Waals surface area contributed by atoms with Crippen molar-refractivity contribution in [3.05, 3.63) is 29.8 Å². The van der Waals surface area contributed by atoms with E-state index in [-0.39, 0.29) is 12.6 Å². The fourth-order valence-corrected chi connectivity index (χ4v) is 2.56. The highest BCUT2D eigenvalue weighted by molar-refractivity contribution is 7.99. The first-order valence-corrected chi connectivity index (χ1v) is 7.08. The Labute approximate surface area is 111 Å². The normalized spacial score (nSPS) is 12.7. The third-order valence-electron chi connectivity index (χ3n) is 2.49. The van der Waals surface area contributed by atoms with E-state index < -0.39 is 11.6 Å². The highest BCUT2D eigenvalue weighted by atomic mass is 32.2. The van der Waals surface area contributed by atoms with Crippen LogP contribution in [-0.4, -0.2) is 30.1 Å². The van der Waals surface area contributed by atoms with Gasteiger partial charge in [0.25, 0.3) is 0 Å². The Bertz CT molecular complexity index is 363. The van der Waals surface area contributed by atoms with Crippen LogP contribution in [0, 0.1) is 11.6 Å². The van der Waals surface area contributed by atoms with Gasteiger partial charge in [-0.2, -0.15) is 0 Å². The summed E-state index contributed by atoms with van der Waals surface area (Å²) in [6.45, 7) is 3.04. The van der Waals surface area contributed by atoms with Crippen LogP contribution < -0.4 is 5.32 Å². The Kier molecular flexibility index (Phi) is 7.23. The van der Waals surface area contributed by atoms with Gasteiger partial charge in [0.2, 0.25) is 0 Å². The fraction of sp³-hybridized carbons (Fsp3) is 0.538. The summed E-state index contributed by atoms with van der Waals surface area (Å²) in [6, 6.07) is 3.74. The van der Waals surface area contributed by atoms with E-state index in [4.69, 9.17) is 5.11 Å². The minimum atomic E-state index is -0.562. The first kappa shape index (κ1) is 15.4. The van der Waals surface area contributed by atoms with Gasteiger partial charge >= 0.3 is 0 Å². The Hall–Kier alpha value is -0.650. The van der Waals surface area contributed by atoms with Gasteiger partial charge in [-0.15, -0.1) is 11.8 Å². The highest BCUT2D eigenvalue weighted by Gasteiger charge is 2.10. The molecular weight excluding hydrogens is 256 g/mol. The molecule has 0 bridgehead atoms. The van der Waals surface area contributed by atoms with Crippen molar-refractivity contribution in [3.63, 3.8) is 0 Å². The Morgan fingerprint density at radius 2 is 2.17 bits per heavy atom. The van der Waals surface area contributed by atoms with E-state index in [1.165, 1.54) is 23.9 Å². The molecule has 1 aromatic carbocycles. The zero-order chi connectivity index (χ0) is 13.4. The zero-order valence-electron chi connectivity index (χ0n) is 10.5. The smallest absolute Gasteiger partial charge is 0.139 e. The molecule has 5 heteroatoms. The molecule has 1 rings (SSSR count). The maximum absolute atomic E-state index is 13.4. The fourth-order valence-electron chi connectivity index (χ4n) is 1.53. The first-order valence-electron chi connectivity index (χ1n) is 6.09. The van der Waals surface area contributed by atoms with E-state index in [0.717, 1.165) is 19.0 Å². The highest BCUT2D eigenvalue weighted by Crippen LogP contribution is 2.23. The number of hydrogen-bond acceptors (Lipinski definition) is 3. The number of thioether (sulfide) groups is 1. The summed E-state index contributed by atoms with van der Waals surface area (Å²) >= 11 is 1.34. The molecular formula is C13H19F2NOS. The van der Waals surface area contributed by atoms with Crippen molar-refractivity contribution in [1.82, 2.24) is 5.32 Å². The lowest BCUT2D eigenvalue weighted by Gasteiger charge is -2.17. The average Bonchev–Trinajstić information content (AvgIpc) is 2.34. The Balaban J connectivity index is 2.49. The van der Waals surface area contributed by atoms with Crippen LogP contribution in [0.15, 0.2) is 23.1 Å². The molecule has 18 heavy (non-hydrogen) atoms. The molecule has 0 saturated carbocycles. The molecule has 1 unspecified atom stereocenters. The zero-order valence-corrected chi connectivity index (χ0v) is 11.3. The topological polar surface area (TPSA) is 32.3 Å². The first-order chi connectivity index (χ1) is 8.67. The molecule has 0 aliphatic carbocycles. The maximum atomic E-state index is 13.4. The van der Waals surface area contributed by atoms with Crippen molar-refractivity contribution in [2.75, 3.05) is 18.9 Å². The van der Waals surface area contributed by atoms with Gasteiger partial charge in [0, 0.05) is 29.4 Å². The van der Waals surface area contributed by atoms with Crippen molar-refractivity contribution >= 4 is 11.8 Å². The summed E-state index contributed by atoms with van der Waals surface area (Å²) in [5, 5.41) is 12.2. The van der Waals surface area contributed by atoms with E-state index in [1.54, 1.807) is 0 Å². The van der Waals surface area contributed by atoms with Gasteiger partial charge in [-0.3, -0.25) is 0 Å². The molecule has 0 aliphatic rings. The number of hydrogen-bond donors (Lipinski definition) is 2. The van der Waals surface area contributed by atoms with E-state index in [2.05, 4.69) is 12.2 Å². The molecule has 2 N–H and O–H groups in total. The van der Waals surface area contributed by atoms with Crippen LogP contribution in [-0.2, 0) is 0 Å². The summed E-state index contributed by atoms with van der Waals surface area (Å²) in [5.74, 6) is -0.436. The van der Waals surface area contributed by atoms with Gasteiger partial charge in [-0.05, 0) is 31.5 Å². The quantitative estimate of drug-likeness (QED) is 0.716. The number of nitrogens with one attached hydrogen (secondary N) is 1. The summed E-state index contributed by atoms with van der Waals surface area (Å²) in [6.07, 6.45) is 1.65. The van der Waals surface area contributed by atoms with Crippen LogP contribution in [0.25, 0.3) is 0 Å². The van der Waals surface area contributed by atoms with Crippen LogP contribution in [0.1, 0.15) is 19.8 Å². The predicted octanol–water partition coefficient (Wildman–Crippen LogP) is 2.81. The number of aliphatic hydroxyl groups is 1. The molecule has 2 nitrogen and oxygen atoms in total. The minimum absolute atomic E-state index is 0.105. The molecule has 0 heterocycles. The molecule has 0 spiro atoms. The molecule has 0 radical (unpaired) electrons. The van der Waals surface area contributed by atoms with Crippen molar-refractivity contribution in [1.29, 1.82) is 0 Å². The van der Waals surface area contributed by atoms with Gasteiger partial charge in [0.05, 0.1) is 0 Å². The predicted molar refractivity (Wildman–Crippen MR) is 70.9 cm³/mol. The van der Waals surface area contributed by atoms with Gasteiger partial charge < -0.3 is 10.4 Å². The second kappa shape index (κ2) is 8.45. The Morgan fingerprint density at radius 3 is 2.78 bits per heavy atom. The van der Waals surface area contributed by atoms with Crippen LogP contribution in [0.5, 0.6) is 0 Å². The third-order valence-corrected chi connectivity index (χ3v) is 3.71. The number of halogens is 2. The van der Waals surface area contributed by atoms with Gasteiger partial charge in [0.15, 0.2) is 0 Å². The van der Waals surface area contributed by atoms with Crippen LogP contribution >= 0.6 is 11.8 Å². The van der Waals surface area contributed by atoms with Crippen molar-refractivity contribution in [3.8, 4) is 0 Å². The van der Waals surface area contributed by atoms with E-state index in [9.17, 15) is 8.78 Å². The summed E-state index contributed by atoms with van der Waals surface area (Å²) in [5.41, 5.74) is 0. The van der Waals surface area contributed by atoms with Gasteiger partial charge in [-0.1, -0.05) is 6.92 Å². The van der Waals surface area contributed by atoms with Crippen molar-refractivity contribution < 1.29 is 13.9 Å². The second-order valence-corrected chi connectivity index (χ2v) is 5.11. The standard InChI is InChI=1S/C13H19F2NOS/c1-2-6-16-11(5-7-17)9-18-13-4-3-10(14)8-12(13)15/h3-4,8,11,16-17H,2,5-7,9H2,1H3. The minimum Gasteiger partial charge on any atom is -0.396 e. The molecule has 1 atom stereocenters. The molecule has 0 fully saturated rings. The van der Waals surface area contributed by atoms with Gasteiger partial charge in [-0.25, -0.2) is 8.78 Å².